The molecule has 1 aliphatic carbocycles. The SMILES string of the molecule is Cc1ccc(Oc2nc3c(s2)C=CC=CC3)cc1. The van der Waals surface area contributed by atoms with Crippen molar-refractivity contribution < 1.29 is 4.74 Å². The molecule has 2 aromatic rings. The molecule has 18 heavy (non-hydrogen) atoms. The number of hydrogen-bond donors (Lipinski definition) is 0. The highest BCUT2D eigenvalue weighted by atomic mass is 32.1. The Kier molecular flexibility index (Phi) is 2.99. The molecule has 3 heteroatoms. The fourth-order valence-corrected chi connectivity index (χ4v) is 2.64. The molecule has 0 spiro atoms. The van der Waals surface area contributed by atoms with E-state index in [-0.39, 0.29) is 0 Å². The molecule has 1 aromatic carbocycles. The molecule has 3 rings (SSSR count). The maximum Gasteiger partial charge on any atom is 0.279 e. The third kappa shape index (κ3) is 2.36. The first-order chi connectivity index (χ1) is 8.81. The van der Waals surface area contributed by atoms with Crippen LogP contribution in [-0.2, 0) is 6.42 Å². The van der Waals surface area contributed by atoms with Crippen molar-refractivity contribution in [2.24, 2.45) is 0 Å². The highest BCUT2D eigenvalue weighted by Crippen LogP contribution is 2.31. The standard InChI is InChI=1S/C15H13NOS/c1-11-7-9-12(10-8-11)17-15-16-13-5-3-2-4-6-14(13)18-15/h2-4,6-10H,5H2,1H3. The highest BCUT2D eigenvalue weighted by Gasteiger charge is 2.10. The monoisotopic (exact) mass is 255 g/mol. The molecule has 0 aliphatic heterocycles. The average Bonchev–Trinajstić information content (AvgIpc) is 2.62. The highest BCUT2D eigenvalue weighted by molar-refractivity contribution is 7.14. The van der Waals surface area contributed by atoms with Crippen LogP contribution in [0.25, 0.3) is 6.08 Å². The molecule has 0 amide bonds. The van der Waals surface area contributed by atoms with Gasteiger partial charge in [0.25, 0.3) is 5.19 Å². The van der Waals surface area contributed by atoms with E-state index < -0.39 is 0 Å². The van der Waals surface area contributed by atoms with Gasteiger partial charge in [0.05, 0.1) is 10.6 Å². The van der Waals surface area contributed by atoms with Crippen molar-refractivity contribution in [3.63, 3.8) is 0 Å². The summed E-state index contributed by atoms with van der Waals surface area (Å²) in [7, 11) is 0. The summed E-state index contributed by atoms with van der Waals surface area (Å²) in [5, 5.41) is 0.712. The zero-order valence-electron chi connectivity index (χ0n) is 10.1. The Morgan fingerprint density at radius 1 is 1.17 bits per heavy atom. The van der Waals surface area contributed by atoms with Gasteiger partial charge in [0.2, 0.25) is 0 Å². The molecule has 0 radical (unpaired) electrons. The molecule has 0 atom stereocenters. The van der Waals surface area contributed by atoms with E-state index in [1.165, 1.54) is 10.4 Å². The fraction of sp³-hybridized carbons (Fsp3) is 0.133. The van der Waals surface area contributed by atoms with Crippen LogP contribution in [0.3, 0.4) is 0 Å². The minimum atomic E-state index is 0.712. The van der Waals surface area contributed by atoms with Crippen LogP contribution in [0.4, 0.5) is 0 Å². The topological polar surface area (TPSA) is 22.1 Å². The van der Waals surface area contributed by atoms with Crippen molar-refractivity contribution in [2.75, 3.05) is 0 Å². The maximum absolute atomic E-state index is 5.78. The third-order valence-corrected chi connectivity index (χ3v) is 3.68. The van der Waals surface area contributed by atoms with Crippen LogP contribution in [0.2, 0.25) is 0 Å². The average molecular weight is 255 g/mol. The minimum absolute atomic E-state index is 0.712. The van der Waals surface area contributed by atoms with Crippen molar-refractivity contribution in [1.82, 2.24) is 4.98 Å². The van der Waals surface area contributed by atoms with Gasteiger partial charge in [0.1, 0.15) is 5.75 Å². The number of nitrogens with zero attached hydrogens (tertiary/aromatic N) is 1. The lowest BCUT2D eigenvalue weighted by atomic mass is 10.2. The van der Waals surface area contributed by atoms with Gasteiger partial charge >= 0.3 is 0 Å². The van der Waals surface area contributed by atoms with Crippen LogP contribution in [0.15, 0.2) is 42.5 Å². The van der Waals surface area contributed by atoms with E-state index in [1.807, 2.05) is 30.3 Å². The summed E-state index contributed by atoms with van der Waals surface area (Å²) >= 11 is 1.59. The maximum atomic E-state index is 5.78. The normalized spacial score (nSPS) is 13.2. The molecule has 1 aromatic heterocycles. The molecule has 0 saturated carbocycles. The van der Waals surface area contributed by atoms with E-state index in [0.29, 0.717) is 5.19 Å². The minimum Gasteiger partial charge on any atom is -0.431 e. The predicted molar refractivity (Wildman–Crippen MR) is 75.2 cm³/mol. The van der Waals surface area contributed by atoms with Crippen molar-refractivity contribution in [3.8, 4) is 10.9 Å². The van der Waals surface area contributed by atoms with Gasteiger partial charge in [-0.05, 0) is 25.1 Å². The number of allylic oxidation sites excluding steroid dienone is 3. The molecule has 2 nitrogen and oxygen atoms in total. The summed E-state index contributed by atoms with van der Waals surface area (Å²) in [6.07, 6.45) is 9.15. The Labute approximate surface area is 110 Å². The molecule has 0 unspecified atom stereocenters. The molecular formula is C15H13NOS. The van der Waals surface area contributed by atoms with E-state index in [4.69, 9.17) is 4.74 Å². The lowest BCUT2D eigenvalue weighted by molar-refractivity contribution is 0.477. The second kappa shape index (κ2) is 4.78. The smallest absolute Gasteiger partial charge is 0.279 e. The van der Waals surface area contributed by atoms with Gasteiger partial charge in [-0.25, -0.2) is 4.98 Å². The van der Waals surface area contributed by atoms with Gasteiger partial charge in [0, 0.05) is 6.42 Å². The fourth-order valence-electron chi connectivity index (χ4n) is 1.77. The Morgan fingerprint density at radius 3 is 2.83 bits per heavy atom. The quantitative estimate of drug-likeness (QED) is 0.795. The van der Waals surface area contributed by atoms with Gasteiger partial charge in [-0.3, -0.25) is 0 Å². The third-order valence-electron chi connectivity index (χ3n) is 2.74. The molecule has 1 heterocycles. The first-order valence-electron chi connectivity index (χ1n) is 5.89. The van der Waals surface area contributed by atoms with Crippen LogP contribution >= 0.6 is 11.3 Å². The summed E-state index contributed by atoms with van der Waals surface area (Å²) in [6, 6.07) is 8.02. The van der Waals surface area contributed by atoms with Crippen molar-refractivity contribution in [1.29, 1.82) is 0 Å². The summed E-state index contributed by atoms with van der Waals surface area (Å²) in [4.78, 5) is 5.70. The lowest BCUT2D eigenvalue weighted by Crippen LogP contribution is -1.86. The molecule has 0 bridgehead atoms. The van der Waals surface area contributed by atoms with E-state index >= 15 is 0 Å². The summed E-state index contributed by atoms with van der Waals surface area (Å²) in [6.45, 7) is 2.06. The van der Waals surface area contributed by atoms with Crippen LogP contribution in [0.1, 0.15) is 16.1 Å². The first kappa shape index (κ1) is 11.2. The Balaban J connectivity index is 1.84. The van der Waals surface area contributed by atoms with Crippen LogP contribution < -0.4 is 4.74 Å². The summed E-state index contributed by atoms with van der Waals surface area (Å²) in [5.74, 6) is 0.837. The number of aromatic nitrogens is 1. The largest absolute Gasteiger partial charge is 0.431 e. The predicted octanol–water partition coefficient (Wildman–Crippen LogP) is 4.37. The number of ether oxygens (including phenoxy) is 1. The Hall–Kier alpha value is -1.87. The number of fused-ring (bicyclic) bond motifs is 1. The van der Waals surface area contributed by atoms with E-state index in [2.05, 4.69) is 30.1 Å². The zero-order chi connectivity index (χ0) is 12.4. The summed E-state index contributed by atoms with van der Waals surface area (Å²) in [5.41, 5.74) is 2.32. The number of rotatable bonds is 2. The lowest BCUT2D eigenvalue weighted by Gasteiger charge is -2.01. The molecule has 0 saturated heterocycles. The van der Waals surface area contributed by atoms with Gasteiger partial charge in [-0.15, -0.1) is 0 Å². The molecule has 0 N–H and O–H groups in total. The number of aryl methyl sites for hydroxylation is 1. The number of thiazole rings is 1. The van der Waals surface area contributed by atoms with Crippen LogP contribution in [0.5, 0.6) is 10.9 Å². The van der Waals surface area contributed by atoms with E-state index in [0.717, 1.165) is 17.9 Å². The molecular weight excluding hydrogens is 242 g/mol. The molecule has 0 fully saturated rings. The first-order valence-corrected chi connectivity index (χ1v) is 6.70. The molecule has 1 aliphatic rings. The van der Waals surface area contributed by atoms with Gasteiger partial charge < -0.3 is 4.74 Å². The van der Waals surface area contributed by atoms with E-state index in [9.17, 15) is 0 Å². The Bertz CT molecular complexity index is 608. The van der Waals surface area contributed by atoms with Gasteiger partial charge in [-0.2, -0.15) is 0 Å². The van der Waals surface area contributed by atoms with Crippen molar-refractivity contribution in [3.05, 3.63) is 58.6 Å². The second-order valence-corrected chi connectivity index (χ2v) is 5.19. The number of benzene rings is 1. The van der Waals surface area contributed by atoms with E-state index in [1.54, 1.807) is 11.3 Å². The van der Waals surface area contributed by atoms with Gasteiger partial charge in [-0.1, -0.05) is 47.3 Å². The summed E-state index contributed by atoms with van der Waals surface area (Å²) < 4.78 is 5.78. The van der Waals surface area contributed by atoms with Crippen LogP contribution in [-0.4, -0.2) is 4.98 Å². The molecule has 90 valence electrons. The zero-order valence-corrected chi connectivity index (χ0v) is 10.9. The van der Waals surface area contributed by atoms with Crippen LogP contribution in [0, 0.1) is 6.92 Å². The van der Waals surface area contributed by atoms with Gasteiger partial charge in [0.15, 0.2) is 0 Å². The second-order valence-electron chi connectivity index (χ2n) is 4.20. The Morgan fingerprint density at radius 2 is 2.00 bits per heavy atom. The van der Waals surface area contributed by atoms with Crippen molar-refractivity contribution in [2.45, 2.75) is 13.3 Å². The number of hydrogen-bond acceptors (Lipinski definition) is 3. The van der Waals surface area contributed by atoms with Crippen molar-refractivity contribution >= 4 is 17.4 Å².